The molecule has 0 aromatic heterocycles. The van der Waals surface area contributed by atoms with Crippen LogP contribution >= 0.6 is 7.82 Å². The fourth-order valence-corrected chi connectivity index (χ4v) is 5.44. The third-order valence-corrected chi connectivity index (χ3v) is 8.61. The van der Waals surface area contributed by atoms with E-state index in [2.05, 4.69) is 62.5 Å². The zero-order chi connectivity index (χ0) is 35.6. The number of nitrogens with zero attached hydrogens (tertiary/aromatic N) is 1. The molecule has 0 N–H and O–H groups in total. The summed E-state index contributed by atoms with van der Waals surface area (Å²) in [6.45, 7) is 5.14. The summed E-state index contributed by atoms with van der Waals surface area (Å²) >= 11 is 0. The molecular formula is C39H72NO7P. The molecule has 8 nitrogen and oxygen atoms in total. The maximum Gasteiger partial charge on any atom is 0.306 e. The molecule has 0 aliphatic carbocycles. The van der Waals surface area contributed by atoms with Gasteiger partial charge in [-0.3, -0.25) is 9.36 Å². The predicted octanol–water partition coefficient (Wildman–Crippen LogP) is 9.80. The van der Waals surface area contributed by atoms with Gasteiger partial charge in [-0.1, -0.05) is 127 Å². The molecule has 0 amide bonds. The van der Waals surface area contributed by atoms with Gasteiger partial charge in [0, 0.05) is 13.0 Å². The van der Waals surface area contributed by atoms with E-state index in [0.29, 0.717) is 24.1 Å². The summed E-state index contributed by atoms with van der Waals surface area (Å²) in [4.78, 5) is 24.6. The quantitative estimate of drug-likeness (QED) is 0.0217. The van der Waals surface area contributed by atoms with Crippen molar-refractivity contribution < 1.29 is 37.3 Å². The number of phosphoric ester groups is 1. The average Bonchev–Trinajstić information content (AvgIpc) is 3.03. The van der Waals surface area contributed by atoms with Crippen LogP contribution in [0.25, 0.3) is 0 Å². The maximum absolute atomic E-state index is 12.3. The lowest BCUT2D eigenvalue weighted by atomic mass is 10.1. The minimum Gasteiger partial charge on any atom is -0.756 e. The van der Waals surface area contributed by atoms with Crippen molar-refractivity contribution in [3.05, 3.63) is 48.6 Å². The number of carbonyl (C=O) groups is 1. The lowest BCUT2D eigenvalue weighted by molar-refractivity contribution is -0.870. The standard InChI is InChI=1S/C39H72NO7P/c1-6-8-10-12-13-14-15-16-17-18-19-20-21-22-23-24-25-26-27-28-29-31-34-44-36-38(47-39(41)32-30-11-9-7-2)37-46-48(42,43)45-35-33-40(3,4)5/h8,10,13-14,16-17,19-20,38H,6-7,9,11-12,15,18,21-37H2,1-5H3/b10-8-,14-13-,17-16-,20-19-. The Hall–Kier alpha value is -1.54. The lowest BCUT2D eigenvalue weighted by Crippen LogP contribution is -2.37. The smallest absolute Gasteiger partial charge is 0.306 e. The van der Waals surface area contributed by atoms with E-state index in [1.165, 1.54) is 51.4 Å². The number of carbonyl (C=O) groups excluding carboxylic acids is 1. The van der Waals surface area contributed by atoms with E-state index >= 15 is 0 Å². The van der Waals surface area contributed by atoms with Crippen LogP contribution in [0.1, 0.15) is 136 Å². The van der Waals surface area contributed by atoms with Crippen molar-refractivity contribution >= 4 is 13.8 Å². The van der Waals surface area contributed by atoms with Crippen molar-refractivity contribution in [3.63, 3.8) is 0 Å². The Morgan fingerprint density at radius 1 is 0.667 bits per heavy atom. The van der Waals surface area contributed by atoms with Crippen molar-refractivity contribution in [2.45, 2.75) is 142 Å². The third-order valence-electron chi connectivity index (χ3n) is 7.64. The summed E-state index contributed by atoms with van der Waals surface area (Å²) in [6, 6.07) is 0. The molecule has 0 aromatic rings. The van der Waals surface area contributed by atoms with E-state index < -0.39 is 13.9 Å². The first-order chi connectivity index (χ1) is 23.1. The largest absolute Gasteiger partial charge is 0.756 e. The van der Waals surface area contributed by atoms with E-state index in [9.17, 15) is 14.3 Å². The summed E-state index contributed by atoms with van der Waals surface area (Å²) in [5, 5.41) is 0. The molecule has 0 spiro atoms. The maximum atomic E-state index is 12.3. The number of esters is 1. The summed E-state index contributed by atoms with van der Waals surface area (Å²) in [7, 11) is 1.34. The molecule has 0 saturated heterocycles. The predicted molar refractivity (Wildman–Crippen MR) is 199 cm³/mol. The van der Waals surface area contributed by atoms with Gasteiger partial charge in [0.15, 0.2) is 0 Å². The number of hydrogen-bond acceptors (Lipinski definition) is 7. The van der Waals surface area contributed by atoms with Crippen molar-refractivity contribution in [1.82, 2.24) is 0 Å². The topological polar surface area (TPSA) is 94.1 Å². The molecule has 280 valence electrons. The molecule has 0 heterocycles. The van der Waals surface area contributed by atoms with Crippen molar-refractivity contribution in [2.75, 3.05) is 54.1 Å². The fourth-order valence-electron chi connectivity index (χ4n) is 4.71. The van der Waals surface area contributed by atoms with Gasteiger partial charge < -0.3 is 27.9 Å². The van der Waals surface area contributed by atoms with Gasteiger partial charge in [0.1, 0.15) is 19.3 Å². The highest BCUT2D eigenvalue weighted by molar-refractivity contribution is 7.45. The monoisotopic (exact) mass is 698 g/mol. The molecule has 0 fully saturated rings. The molecule has 0 saturated carbocycles. The highest BCUT2D eigenvalue weighted by Crippen LogP contribution is 2.38. The molecule has 48 heavy (non-hydrogen) atoms. The van der Waals surface area contributed by atoms with E-state index in [1.54, 1.807) is 0 Å². The van der Waals surface area contributed by atoms with Crippen LogP contribution < -0.4 is 4.89 Å². The van der Waals surface area contributed by atoms with E-state index in [4.69, 9.17) is 18.5 Å². The second-order valence-electron chi connectivity index (χ2n) is 13.6. The number of likely N-dealkylation sites (N-methyl/N-ethyl adjacent to an activating group) is 1. The molecule has 2 atom stereocenters. The first-order valence-corrected chi connectivity index (χ1v) is 20.3. The van der Waals surface area contributed by atoms with Crippen molar-refractivity contribution in [2.24, 2.45) is 0 Å². The second-order valence-corrected chi connectivity index (χ2v) is 15.0. The number of hydrogen-bond donors (Lipinski definition) is 0. The first kappa shape index (κ1) is 46.5. The zero-order valence-electron chi connectivity index (χ0n) is 31.4. The van der Waals surface area contributed by atoms with E-state index in [-0.39, 0.29) is 25.8 Å². The highest BCUT2D eigenvalue weighted by atomic mass is 31.2. The molecule has 0 aliphatic rings. The van der Waals surface area contributed by atoms with Crippen LogP contribution in [0.5, 0.6) is 0 Å². The molecular weight excluding hydrogens is 625 g/mol. The van der Waals surface area contributed by atoms with Gasteiger partial charge in [0.05, 0.1) is 34.4 Å². The van der Waals surface area contributed by atoms with Crippen LogP contribution in [-0.2, 0) is 27.9 Å². The molecule has 9 heteroatoms. The minimum absolute atomic E-state index is 0.0232. The first-order valence-electron chi connectivity index (χ1n) is 18.9. The van der Waals surface area contributed by atoms with Gasteiger partial charge in [0.25, 0.3) is 7.82 Å². The molecule has 0 aromatic carbocycles. The van der Waals surface area contributed by atoms with Crippen LogP contribution in [0.2, 0.25) is 0 Å². The number of rotatable bonds is 34. The molecule has 0 aliphatic heterocycles. The SMILES string of the molecule is CC/C=C\C/C=C\C/C=C\C/C=C\CCCCCCCCCCCOCC(COP(=O)([O-])OCC[N+](C)(C)C)OC(=O)CCCCCC. The Bertz CT molecular complexity index is 911. The molecule has 0 rings (SSSR count). The Balaban J connectivity index is 4.00. The van der Waals surface area contributed by atoms with Gasteiger partial charge in [-0.25, -0.2) is 0 Å². The van der Waals surface area contributed by atoms with Gasteiger partial charge >= 0.3 is 5.97 Å². The van der Waals surface area contributed by atoms with E-state index in [1.807, 2.05) is 21.1 Å². The molecule has 0 bridgehead atoms. The Morgan fingerprint density at radius 3 is 1.79 bits per heavy atom. The van der Waals surface area contributed by atoms with Crippen LogP contribution in [-0.4, -0.2) is 70.7 Å². The summed E-state index contributed by atoms with van der Waals surface area (Å²) in [6.07, 6.45) is 37.5. The molecule has 0 radical (unpaired) electrons. The second kappa shape index (κ2) is 32.7. The normalized spacial score (nSPS) is 14.5. The van der Waals surface area contributed by atoms with Gasteiger partial charge in [-0.2, -0.15) is 0 Å². The summed E-state index contributed by atoms with van der Waals surface area (Å²) < 4.78 is 34.1. The van der Waals surface area contributed by atoms with Crippen molar-refractivity contribution in [3.8, 4) is 0 Å². The Labute approximate surface area is 295 Å². The third kappa shape index (κ3) is 35.8. The Kier molecular flexibility index (Phi) is 31.6. The minimum atomic E-state index is -4.50. The van der Waals surface area contributed by atoms with Crippen LogP contribution in [0.15, 0.2) is 48.6 Å². The Morgan fingerprint density at radius 2 is 1.21 bits per heavy atom. The summed E-state index contributed by atoms with van der Waals surface area (Å²) in [5.41, 5.74) is 0. The van der Waals surface area contributed by atoms with Gasteiger partial charge in [-0.05, 0) is 51.4 Å². The number of phosphoric acid groups is 1. The van der Waals surface area contributed by atoms with Crippen molar-refractivity contribution in [1.29, 1.82) is 0 Å². The van der Waals surface area contributed by atoms with E-state index in [0.717, 1.165) is 64.2 Å². The molecule has 2 unspecified atom stereocenters. The number of unbranched alkanes of at least 4 members (excludes halogenated alkanes) is 12. The zero-order valence-corrected chi connectivity index (χ0v) is 32.3. The van der Waals surface area contributed by atoms with Crippen LogP contribution in [0.4, 0.5) is 0 Å². The number of quaternary nitrogens is 1. The lowest BCUT2D eigenvalue weighted by Gasteiger charge is -2.28. The number of allylic oxidation sites excluding steroid dienone is 8. The van der Waals surface area contributed by atoms with Crippen LogP contribution in [0.3, 0.4) is 0 Å². The average molecular weight is 698 g/mol. The summed E-state index contributed by atoms with van der Waals surface area (Å²) in [5.74, 6) is -0.357. The number of ether oxygens (including phenoxy) is 2. The fraction of sp³-hybridized carbons (Fsp3) is 0.769. The van der Waals surface area contributed by atoms with Crippen LogP contribution in [0, 0.1) is 0 Å². The van der Waals surface area contributed by atoms with Gasteiger partial charge in [0.2, 0.25) is 0 Å². The highest BCUT2D eigenvalue weighted by Gasteiger charge is 2.20. The van der Waals surface area contributed by atoms with Gasteiger partial charge in [-0.15, -0.1) is 0 Å².